The number of aryl methyl sites for hydroxylation is 1. The molecule has 0 radical (unpaired) electrons. The predicted octanol–water partition coefficient (Wildman–Crippen LogP) is 1.78. The third kappa shape index (κ3) is 2.14. The third-order valence-corrected chi connectivity index (χ3v) is 3.43. The molecule has 1 aromatic rings. The molecule has 2 unspecified atom stereocenters. The van der Waals surface area contributed by atoms with Crippen molar-refractivity contribution in [2.75, 3.05) is 23.7 Å². The molecule has 0 saturated carbocycles. The van der Waals surface area contributed by atoms with Crippen LogP contribution in [0.5, 0.6) is 0 Å². The van der Waals surface area contributed by atoms with Gasteiger partial charge < -0.3 is 15.7 Å². The molecule has 3 N–H and O–H groups in total. The standard InChI is InChI=1S/C13H20N2O/c1-9-3-4-12(14)13(7-9)15-6-5-11(8-15)10(2)16/h3-4,7,10-11,16H,5-6,8,14H2,1-2H3. The van der Waals surface area contributed by atoms with Crippen molar-refractivity contribution in [2.24, 2.45) is 5.92 Å². The van der Waals surface area contributed by atoms with Crippen LogP contribution in [0.4, 0.5) is 11.4 Å². The van der Waals surface area contributed by atoms with E-state index in [1.54, 1.807) is 0 Å². The molecule has 0 amide bonds. The lowest BCUT2D eigenvalue weighted by molar-refractivity contribution is 0.136. The van der Waals surface area contributed by atoms with Crippen LogP contribution < -0.4 is 10.6 Å². The van der Waals surface area contributed by atoms with Crippen LogP contribution in [0.1, 0.15) is 18.9 Å². The van der Waals surface area contributed by atoms with E-state index in [-0.39, 0.29) is 6.10 Å². The lowest BCUT2D eigenvalue weighted by atomic mass is 10.0. The summed E-state index contributed by atoms with van der Waals surface area (Å²) in [7, 11) is 0. The molecule has 1 heterocycles. The van der Waals surface area contributed by atoms with Crippen LogP contribution in [0.3, 0.4) is 0 Å². The summed E-state index contributed by atoms with van der Waals surface area (Å²) < 4.78 is 0. The average molecular weight is 220 g/mol. The second kappa shape index (κ2) is 4.34. The number of hydrogen-bond acceptors (Lipinski definition) is 3. The number of nitrogens with zero attached hydrogens (tertiary/aromatic N) is 1. The fourth-order valence-electron chi connectivity index (χ4n) is 2.33. The Balaban J connectivity index is 2.17. The summed E-state index contributed by atoms with van der Waals surface area (Å²) in [5.74, 6) is 0.375. The Bertz CT molecular complexity index is 376. The van der Waals surface area contributed by atoms with Gasteiger partial charge >= 0.3 is 0 Å². The van der Waals surface area contributed by atoms with Crippen molar-refractivity contribution in [3.63, 3.8) is 0 Å². The summed E-state index contributed by atoms with van der Waals surface area (Å²) in [4.78, 5) is 2.28. The zero-order valence-electron chi connectivity index (χ0n) is 9.98. The highest BCUT2D eigenvalue weighted by Crippen LogP contribution is 2.30. The van der Waals surface area contributed by atoms with Gasteiger partial charge in [-0.15, -0.1) is 0 Å². The maximum absolute atomic E-state index is 9.58. The van der Waals surface area contributed by atoms with E-state index in [0.717, 1.165) is 30.9 Å². The van der Waals surface area contributed by atoms with Gasteiger partial charge in [0.05, 0.1) is 17.5 Å². The smallest absolute Gasteiger partial charge is 0.0602 e. The van der Waals surface area contributed by atoms with Crippen molar-refractivity contribution < 1.29 is 5.11 Å². The number of anilines is 2. The number of aliphatic hydroxyl groups excluding tert-OH is 1. The van der Waals surface area contributed by atoms with Crippen LogP contribution in [0, 0.1) is 12.8 Å². The van der Waals surface area contributed by atoms with E-state index in [9.17, 15) is 5.11 Å². The van der Waals surface area contributed by atoms with Gasteiger partial charge in [-0.05, 0) is 38.0 Å². The van der Waals surface area contributed by atoms with Crippen LogP contribution >= 0.6 is 0 Å². The molecule has 0 aliphatic carbocycles. The minimum Gasteiger partial charge on any atom is -0.397 e. The maximum atomic E-state index is 9.58. The van der Waals surface area contributed by atoms with Crippen molar-refractivity contribution in [3.8, 4) is 0 Å². The largest absolute Gasteiger partial charge is 0.397 e. The second-order valence-electron chi connectivity index (χ2n) is 4.80. The van der Waals surface area contributed by atoms with Gasteiger partial charge in [-0.1, -0.05) is 6.07 Å². The molecule has 16 heavy (non-hydrogen) atoms. The second-order valence-corrected chi connectivity index (χ2v) is 4.80. The van der Waals surface area contributed by atoms with Crippen molar-refractivity contribution in [2.45, 2.75) is 26.4 Å². The Morgan fingerprint density at radius 3 is 2.88 bits per heavy atom. The molecule has 3 heteroatoms. The van der Waals surface area contributed by atoms with E-state index in [1.165, 1.54) is 5.56 Å². The Morgan fingerprint density at radius 1 is 1.50 bits per heavy atom. The first-order chi connectivity index (χ1) is 7.58. The Kier molecular flexibility index (Phi) is 3.06. The van der Waals surface area contributed by atoms with Crippen LogP contribution in [0.2, 0.25) is 0 Å². The van der Waals surface area contributed by atoms with Gasteiger partial charge in [0.15, 0.2) is 0 Å². The average Bonchev–Trinajstić information content (AvgIpc) is 2.70. The molecule has 88 valence electrons. The summed E-state index contributed by atoms with van der Waals surface area (Å²) in [6.07, 6.45) is 0.821. The fourth-order valence-corrected chi connectivity index (χ4v) is 2.33. The third-order valence-electron chi connectivity index (χ3n) is 3.43. The molecule has 2 rings (SSSR count). The molecule has 1 saturated heterocycles. The summed E-state index contributed by atoms with van der Waals surface area (Å²) >= 11 is 0. The fraction of sp³-hybridized carbons (Fsp3) is 0.538. The monoisotopic (exact) mass is 220 g/mol. The number of rotatable bonds is 2. The minimum atomic E-state index is -0.226. The number of benzene rings is 1. The van der Waals surface area contributed by atoms with Crippen LogP contribution in [-0.4, -0.2) is 24.3 Å². The normalized spacial score (nSPS) is 22.4. The van der Waals surface area contributed by atoms with Gasteiger partial charge in [-0.2, -0.15) is 0 Å². The lowest BCUT2D eigenvalue weighted by Gasteiger charge is -2.21. The molecule has 1 aliphatic heterocycles. The highest BCUT2D eigenvalue weighted by molar-refractivity contribution is 5.68. The molecule has 1 aliphatic rings. The molecule has 3 nitrogen and oxygen atoms in total. The van der Waals surface area contributed by atoms with E-state index in [2.05, 4.69) is 17.9 Å². The quantitative estimate of drug-likeness (QED) is 0.747. The van der Waals surface area contributed by atoms with E-state index >= 15 is 0 Å². The maximum Gasteiger partial charge on any atom is 0.0602 e. The Labute approximate surface area is 96.9 Å². The molecule has 1 fully saturated rings. The van der Waals surface area contributed by atoms with Gasteiger partial charge in [0.1, 0.15) is 0 Å². The molecule has 0 spiro atoms. The first kappa shape index (κ1) is 11.3. The highest BCUT2D eigenvalue weighted by Gasteiger charge is 2.26. The van der Waals surface area contributed by atoms with Crippen LogP contribution in [-0.2, 0) is 0 Å². The summed E-state index contributed by atoms with van der Waals surface area (Å²) in [6.45, 7) is 5.84. The lowest BCUT2D eigenvalue weighted by Crippen LogP contribution is -2.24. The van der Waals surface area contributed by atoms with Crippen LogP contribution in [0.25, 0.3) is 0 Å². The molecule has 1 aromatic carbocycles. The molecule has 2 atom stereocenters. The topological polar surface area (TPSA) is 49.5 Å². The van der Waals surface area contributed by atoms with Gasteiger partial charge in [-0.3, -0.25) is 0 Å². The summed E-state index contributed by atoms with van der Waals surface area (Å²) in [6, 6.07) is 6.11. The number of hydrogen-bond donors (Lipinski definition) is 2. The number of nitrogen functional groups attached to an aromatic ring is 1. The van der Waals surface area contributed by atoms with E-state index in [0.29, 0.717) is 5.92 Å². The van der Waals surface area contributed by atoms with E-state index < -0.39 is 0 Å². The highest BCUT2D eigenvalue weighted by atomic mass is 16.3. The molecular formula is C13H20N2O. The number of nitrogens with two attached hydrogens (primary N) is 1. The van der Waals surface area contributed by atoms with Crippen molar-refractivity contribution in [1.82, 2.24) is 0 Å². The van der Waals surface area contributed by atoms with Crippen molar-refractivity contribution in [3.05, 3.63) is 23.8 Å². The Hall–Kier alpha value is -1.22. The first-order valence-corrected chi connectivity index (χ1v) is 5.87. The zero-order chi connectivity index (χ0) is 11.7. The summed E-state index contributed by atoms with van der Waals surface area (Å²) in [5, 5.41) is 9.58. The van der Waals surface area contributed by atoms with Crippen LogP contribution in [0.15, 0.2) is 18.2 Å². The van der Waals surface area contributed by atoms with Gasteiger partial charge in [0.25, 0.3) is 0 Å². The molecule has 0 aromatic heterocycles. The summed E-state index contributed by atoms with van der Waals surface area (Å²) in [5.41, 5.74) is 9.16. The van der Waals surface area contributed by atoms with Crippen molar-refractivity contribution in [1.29, 1.82) is 0 Å². The first-order valence-electron chi connectivity index (χ1n) is 5.87. The number of aliphatic hydroxyl groups is 1. The predicted molar refractivity (Wildman–Crippen MR) is 67.6 cm³/mol. The van der Waals surface area contributed by atoms with Gasteiger partial charge in [0.2, 0.25) is 0 Å². The Morgan fingerprint density at radius 2 is 2.25 bits per heavy atom. The van der Waals surface area contributed by atoms with Crippen molar-refractivity contribution >= 4 is 11.4 Å². The zero-order valence-corrected chi connectivity index (χ0v) is 9.98. The molecule has 0 bridgehead atoms. The minimum absolute atomic E-state index is 0.226. The SMILES string of the molecule is Cc1ccc(N)c(N2CCC(C(C)O)C2)c1. The molecular weight excluding hydrogens is 200 g/mol. The van der Waals surface area contributed by atoms with E-state index in [1.807, 2.05) is 19.1 Å². The van der Waals surface area contributed by atoms with E-state index in [4.69, 9.17) is 5.73 Å². The van der Waals surface area contributed by atoms with Gasteiger partial charge in [-0.25, -0.2) is 0 Å². The van der Waals surface area contributed by atoms with Gasteiger partial charge in [0, 0.05) is 19.0 Å².